The molecule has 0 saturated heterocycles. The fourth-order valence-corrected chi connectivity index (χ4v) is 3.72. The Bertz CT molecular complexity index is 1400. The molecule has 2 heterocycles. The zero-order valence-electron chi connectivity index (χ0n) is 17.4. The number of nitrogens with one attached hydrogen (secondary N) is 1. The summed E-state index contributed by atoms with van der Waals surface area (Å²) in [5.41, 5.74) is 2.84. The first-order valence-corrected chi connectivity index (χ1v) is 10.6. The summed E-state index contributed by atoms with van der Waals surface area (Å²) in [5, 5.41) is 7.59. The van der Waals surface area contributed by atoms with Crippen LogP contribution in [0.4, 0.5) is 5.69 Å². The van der Waals surface area contributed by atoms with Crippen LogP contribution in [0.2, 0.25) is 5.02 Å². The van der Waals surface area contributed by atoms with Gasteiger partial charge in [0.05, 0.1) is 22.4 Å². The van der Waals surface area contributed by atoms with Gasteiger partial charge in [0, 0.05) is 5.02 Å². The number of aromatic nitrogens is 5. The number of fused-ring (bicyclic) bond motifs is 1. The van der Waals surface area contributed by atoms with Gasteiger partial charge in [0.2, 0.25) is 5.91 Å². The van der Waals surface area contributed by atoms with E-state index in [0.717, 1.165) is 16.8 Å². The highest BCUT2D eigenvalue weighted by molar-refractivity contribution is 6.31. The van der Waals surface area contributed by atoms with Crippen molar-refractivity contribution >= 4 is 34.2 Å². The second-order valence-corrected chi connectivity index (χ2v) is 7.69. The number of carbonyl (C=O) groups is 1. The van der Waals surface area contributed by atoms with Gasteiger partial charge in [-0.1, -0.05) is 41.9 Å². The lowest BCUT2D eigenvalue weighted by Crippen LogP contribution is -2.21. The van der Waals surface area contributed by atoms with Crippen molar-refractivity contribution < 1.29 is 9.53 Å². The fraction of sp³-hybridized carbons (Fsp3) is 0.0833. The van der Waals surface area contributed by atoms with Crippen LogP contribution in [0.1, 0.15) is 5.82 Å². The molecule has 0 aliphatic heterocycles. The van der Waals surface area contributed by atoms with Crippen LogP contribution in [0.25, 0.3) is 16.7 Å². The molecule has 0 atom stereocenters. The molecule has 5 rings (SSSR count). The van der Waals surface area contributed by atoms with Crippen molar-refractivity contribution in [2.75, 3.05) is 5.32 Å². The summed E-state index contributed by atoms with van der Waals surface area (Å²) in [6.07, 6.45) is 2.98. The van der Waals surface area contributed by atoms with Crippen molar-refractivity contribution in [2.24, 2.45) is 0 Å². The predicted molar refractivity (Wildman–Crippen MR) is 126 cm³/mol. The number of amides is 1. The normalized spacial score (nSPS) is 10.9. The van der Waals surface area contributed by atoms with E-state index in [0.29, 0.717) is 22.2 Å². The summed E-state index contributed by atoms with van der Waals surface area (Å²) in [5.74, 6) is 1.15. The lowest BCUT2D eigenvalue weighted by atomic mass is 10.2. The molecule has 1 N–H and O–H groups in total. The van der Waals surface area contributed by atoms with E-state index in [9.17, 15) is 4.79 Å². The van der Waals surface area contributed by atoms with Crippen molar-refractivity contribution in [3.63, 3.8) is 0 Å². The third-order valence-corrected chi connectivity index (χ3v) is 5.28. The van der Waals surface area contributed by atoms with E-state index in [1.807, 2.05) is 59.2 Å². The molecule has 33 heavy (non-hydrogen) atoms. The van der Waals surface area contributed by atoms with Crippen molar-refractivity contribution in [2.45, 2.75) is 13.2 Å². The molecule has 3 aromatic carbocycles. The minimum Gasteiger partial charge on any atom is -0.486 e. The second-order valence-electron chi connectivity index (χ2n) is 7.25. The molecular weight excluding hydrogens is 440 g/mol. The predicted octanol–water partition coefficient (Wildman–Crippen LogP) is 4.49. The van der Waals surface area contributed by atoms with Crippen LogP contribution < -0.4 is 10.1 Å². The molecule has 5 aromatic rings. The summed E-state index contributed by atoms with van der Waals surface area (Å²) in [4.78, 5) is 21.7. The van der Waals surface area contributed by atoms with Gasteiger partial charge < -0.3 is 14.6 Å². The molecule has 0 aliphatic carbocycles. The van der Waals surface area contributed by atoms with Crippen LogP contribution >= 0.6 is 11.6 Å². The number of halogens is 1. The number of nitrogens with zero attached hydrogens (tertiary/aromatic N) is 5. The van der Waals surface area contributed by atoms with Crippen LogP contribution in [0.5, 0.6) is 5.75 Å². The highest BCUT2D eigenvalue weighted by Crippen LogP contribution is 2.24. The molecule has 0 saturated carbocycles. The third kappa shape index (κ3) is 4.56. The van der Waals surface area contributed by atoms with Gasteiger partial charge in [-0.15, -0.1) is 0 Å². The molecule has 9 heteroatoms. The van der Waals surface area contributed by atoms with E-state index in [1.54, 1.807) is 29.2 Å². The van der Waals surface area contributed by atoms with Crippen LogP contribution in [0, 0.1) is 0 Å². The van der Waals surface area contributed by atoms with Gasteiger partial charge in [-0.3, -0.25) is 4.79 Å². The van der Waals surface area contributed by atoms with Gasteiger partial charge in [-0.25, -0.2) is 14.6 Å². The van der Waals surface area contributed by atoms with Crippen molar-refractivity contribution in [1.82, 2.24) is 24.3 Å². The SMILES string of the molecule is O=C(Cn1c(COc2ccccc2)nc2ccccc21)Nc1cc(Cl)ccc1-n1cncn1. The van der Waals surface area contributed by atoms with Crippen LogP contribution in [-0.2, 0) is 17.9 Å². The fourth-order valence-electron chi connectivity index (χ4n) is 3.55. The number of imidazole rings is 1. The van der Waals surface area contributed by atoms with Gasteiger partial charge >= 0.3 is 0 Å². The molecule has 8 nitrogen and oxygen atoms in total. The molecular formula is C24H19ClN6O2. The van der Waals surface area contributed by atoms with Gasteiger partial charge in [0.15, 0.2) is 0 Å². The largest absolute Gasteiger partial charge is 0.486 e. The number of hydrogen-bond donors (Lipinski definition) is 1. The van der Waals surface area contributed by atoms with Crippen molar-refractivity contribution in [3.8, 4) is 11.4 Å². The van der Waals surface area contributed by atoms with Gasteiger partial charge in [0.1, 0.15) is 37.4 Å². The number of carbonyl (C=O) groups excluding carboxylic acids is 1. The first-order valence-electron chi connectivity index (χ1n) is 10.2. The molecule has 0 unspecified atom stereocenters. The Kier molecular flexibility index (Phi) is 5.73. The van der Waals surface area contributed by atoms with Crippen LogP contribution in [0.15, 0.2) is 85.5 Å². The summed E-state index contributed by atoms with van der Waals surface area (Å²) >= 11 is 6.18. The number of benzene rings is 3. The molecule has 0 aliphatic rings. The number of ether oxygens (including phenoxy) is 1. The smallest absolute Gasteiger partial charge is 0.244 e. The standard InChI is InChI=1S/C24H19ClN6O2/c25-17-10-11-22(31-16-26-15-27-31)20(12-17)29-24(32)13-30-21-9-5-4-8-19(21)28-23(30)14-33-18-6-2-1-3-7-18/h1-12,15-16H,13-14H2,(H,29,32). The summed E-state index contributed by atoms with van der Waals surface area (Å²) in [6, 6.07) is 22.4. The number of hydrogen-bond acceptors (Lipinski definition) is 5. The molecule has 0 fully saturated rings. The van der Waals surface area contributed by atoms with Crippen molar-refractivity contribution in [1.29, 1.82) is 0 Å². The monoisotopic (exact) mass is 458 g/mol. The van der Waals surface area contributed by atoms with Gasteiger partial charge in [-0.05, 0) is 42.5 Å². The second kappa shape index (κ2) is 9.13. The average Bonchev–Trinajstić information content (AvgIpc) is 3.47. The first kappa shape index (κ1) is 20.7. The number of anilines is 1. The van der Waals surface area contributed by atoms with E-state index < -0.39 is 0 Å². The topological polar surface area (TPSA) is 86.9 Å². The van der Waals surface area contributed by atoms with Gasteiger partial charge in [0.25, 0.3) is 0 Å². The summed E-state index contributed by atoms with van der Waals surface area (Å²) in [7, 11) is 0. The highest BCUT2D eigenvalue weighted by atomic mass is 35.5. The first-order chi connectivity index (χ1) is 16.2. The van der Waals surface area contributed by atoms with Crippen LogP contribution in [0.3, 0.4) is 0 Å². The molecule has 0 radical (unpaired) electrons. The Morgan fingerprint density at radius 1 is 1.03 bits per heavy atom. The molecule has 0 spiro atoms. The van der Waals surface area contributed by atoms with E-state index in [1.165, 1.54) is 6.33 Å². The summed E-state index contributed by atoms with van der Waals surface area (Å²) < 4.78 is 9.32. The molecule has 164 valence electrons. The Balaban J connectivity index is 1.41. The van der Waals surface area contributed by atoms with Gasteiger partial charge in [-0.2, -0.15) is 5.10 Å². The quantitative estimate of drug-likeness (QED) is 0.388. The van der Waals surface area contributed by atoms with E-state index in [2.05, 4.69) is 20.4 Å². The van der Waals surface area contributed by atoms with Crippen LogP contribution in [-0.4, -0.2) is 30.2 Å². The third-order valence-electron chi connectivity index (χ3n) is 5.04. The summed E-state index contributed by atoms with van der Waals surface area (Å²) in [6.45, 7) is 0.282. The highest BCUT2D eigenvalue weighted by Gasteiger charge is 2.16. The zero-order chi connectivity index (χ0) is 22.6. The Morgan fingerprint density at radius 2 is 1.85 bits per heavy atom. The zero-order valence-corrected chi connectivity index (χ0v) is 18.2. The lowest BCUT2D eigenvalue weighted by Gasteiger charge is -2.13. The maximum atomic E-state index is 13.1. The minimum atomic E-state index is -0.234. The molecule has 0 bridgehead atoms. The number of rotatable bonds is 7. The Labute approximate surface area is 194 Å². The maximum Gasteiger partial charge on any atom is 0.244 e. The lowest BCUT2D eigenvalue weighted by molar-refractivity contribution is -0.116. The Morgan fingerprint density at radius 3 is 2.67 bits per heavy atom. The Hall–Kier alpha value is -4.17. The molecule has 1 amide bonds. The minimum absolute atomic E-state index is 0.0529. The molecule has 2 aromatic heterocycles. The van der Waals surface area contributed by atoms with E-state index in [-0.39, 0.29) is 19.1 Å². The van der Waals surface area contributed by atoms with E-state index >= 15 is 0 Å². The van der Waals surface area contributed by atoms with Crippen molar-refractivity contribution in [3.05, 3.63) is 96.3 Å². The average molecular weight is 459 g/mol. The van der Waals surface area contributed by atoms with E-state index in [4.69, 9.17) is 16.3 Å². The maximum absolute atomic E-state index is 13.1. The number of para-hydroxylation sites is 3.